The molecular weight excluding hydrogens is 296 g/mol. The van der Waals surface area contributed by atoms with Crippen LogP contribution in [0.15, 0.2) is 24.3 Å². The molecule has 0 atom stereocenters. The van der Waals surface area contributed by atoms with Gasteiger partial charge in [0.25, 0.3) is 0 Å². The minimum Gasteiger partial charge on any atom is -0.486 e. The number of nitrogens with two attached hydrogens (primary N) is 1. The van der Waals surface area contributed by atoms with Gasteiger partial charge in [0.05, 0.1) is 5.52 Å². The van der Waals surface area contributed by atoms with Crippen molar-refractivity contribution in [1.29, 1.82) is 0 Å². The van der Waals surface area contributed by atoms with Crippen LogP contribution in [0.5, 0.6) is 5.75 Å². The van der Waals surface area contributed by atoms with E-state index in [1.54, 1.807) is 12.1 Å². The highest BCUT2D eigenvalue weighted by Gasteiger charge is 2.18. The summed E-state index contributed by atoms with van der Waals surface area (Å²) < 4.78 is 12.5. The molecule has 0 saturated carbocycles. The van der Waals surface area contributed by atoms with Crippen LogP contribution in [0.3, 0.4) is 0 Å². The van der Waals surface area contributed by atoms with Gasteiger partial charge in [0, 0.05) is 23.7 Å². The van der Waals surface area contributed by atoms with E-state index in [0.29, 0.717) is 18.6 Å². The largest absolute Gasteiger partial charge is 0.486 e. The van der Waals surface area contributed by atoms with Crippen LogP contribution in [0.25, 0.3) is 10.9 Å². The number of rotatable bonds is 6. The summed E-state index contributed by atoms with van der Waals surface area (Å²) >= 11 is 0. The maximum absolute atomic E-state index is 12.1. The van der Waals surface area contributed by atoms with E-state index in [-0.39, 0.29) is 19.1 Å². The van der Waals surface area contributed by atoms with E-state index in [4.69, 9.17) is 15.2 Å². The first-order valence-corrected chi connectivity index (χ1v) is 7.44. The molecule has 2 aromatic rings. The second-order valence-electron chi connectivity index (χ2n) is 6.21. The van der Waals surface area contributed by atoms with Crippen LogP contribution >= 0.6 is 0 Å². The number of esters is 1. The quantitative estimate of drug-likeness (QED) is 0.651. The molecule has 0 radical (unpaired) electrons. The Kier molecular flexibility index (Phi) is 5.05. The molecule has 2 rings (SSSR count). The second kappa shape index (κ2) is 6.83. The van der Waals surface area contributed by atoms with Crippen molar-refractivity contribution in [2.75, 3.05) is 6.61 Å². The lowest BCUT2D eigenvalue weighted by Crippen LogP contribution is -2.27. The van der Waals surface area contributed by atoms with E-state index in [1.807, 2.05) is 37.5 Å². The highest BCUT2D eigenvalue weighted by Crippen LogP contribution is 2.25. The van der Waals surface area contributed by atoms with Gasteiger partial charge in [-0.05, 0) is 39.0 Å². The lowest BCUT2D eigenvalue weighted by Gasteiger charge is -2.20. The summed E-state index contributed by atoms with van der Waals surface area (Å²) in [5.41, 5.74) is 6.90. The molecule has 1 aromatic carbocycles. The Labute approximate surface area is 135 Å². The van der Waals surface area contributed by atoms with Gasteiger partial charge in [0.15, 0.2) is 6.29 Å². The van der Waals surface area contributed by atoms with Gasteiger partial charge in [-0.15, -0.1) is 0 Å². The normalized spacial score (nSPS) is 11.5. The van der Waals surface area contributed by atoms with E-state index >= 15 is 0 Å². The van der Waals surface area contributed by atoms with Crippen molar-refractivity contribution in [2.45, 2.75) is 39.5 Å². The Bertz CT molecular complexity index is 713. The van der Waals surface area contributed by atoms with Crippen molar-refractivity contribution >= 4 is 23.2 Å². The third-order valence-electron chi connectivity index (χ3n) is 3.20. The van der Waals surface area contributed by atoms with Crippen molar-refractivity contribution < 1.29 is 19.1 Å². The average molecular weight is 318 g/mol. The van der Waals surface area contributed by atoms with Gasteiger partial charge < -0.3 is 19.8 Å². The Morgan fingerprint density at radius 1 is 1.30 bits per heavy atom. The fourth-order valence-electron chi connectivity index (χ4n) is 2.37. The number of aromatic nitrogens is 1. The summed E-state index contributed by atoms with van der Waals surface area (Å²) in [4.78, 5) is 22.6. The molecule has 0 unspecified atom stereocenters. The average Bonchev–Trinajstić information content (AvgIpc) is 2.80. The number of hydrogen-bond donors (Lipinski definition) is 1. The molecule has 0 bridgehead atoms. The first-order chi connectivity index (χ1) is 10.8. The van der Waals surface area contributed by atoms with Crippen molar-refractivity contribution in [3.05, 3.63) is 30.0 Å². The molecule has 6 heteroatoms. The van der Waals surface area contributed by atoms with Crippen LogP contribution in [0, 0.1) is 0 Å². The molecule has 0 aliphatic rings. The van der Waals surface area contributed by atoms with Crippen molar-refractivity contribution in [1.82, 2.24) is 4.57 Å². The maximum atomic E-state index is 12.1. The smallest absolute Gasteiger partial charge is 0.326 e. The van der Waals surface area contributed by atoms with Crippen LogP contribution in [0.4, 0.5) is 0 Å². The van der Waals surface area contributed by atoms with E-state index in [1.165, 1.54) is 0 Å². The number of hydrogen-bond acceptors (Lipinski definition) is 5. The third-order valence-corrected chi connectivity index (χ3v) is 3.20. The number of nitrogens with zero attached hydrogens (tertiary/aromatic N) is 1. The van der Waals surface area contributed by atoms with E-state index in [9.17, 15) is 9.59 Å². The number of fused-ring (bicyclic) bond motifs is 1. The van der Waals surface area contributed by atoms with Crippen LogP contribution in [0.2, 0.25) is 0 Å². The van der Waals surface area contributed by atoms with Crippen molar-refractivity contribution in [3.8, 4) is 5.75 Å². The Hall–Kier alpha value is -2.34. The molecular formula is C17H22N2O4. The standard InChI is InChI=1S/C17H22N2O4/c1-17(2,3)23-16(21)11-19-13(10-18)8-12-4-5-14(9-15(12)19)22-7-6-20/h4-6,8-9H,7,10-11,18H2,1-3H3. The van der Waals surface area contributed by atoms with E-state index < -0.39 is 5.60 Å². The van der Waals surface area contributed by atoms with Gasteiger partial charge in [0.1, 0.15) is 24.5 Å². The first kappa shape index (κ1) is 17.0. The highest BCUT2D eigenvalue weighted by molar-refractivity contribution is 5.84. The van der Waals surface area contributed by atoms with Gasteiger partial charge in [-0.1, -0.05) is 0 Å². The molecule has 0 aliphatic carbocycles. The zero-order valence-corrected chi connectivity index (χ0v) is 13.7. The van der Waals surface area contributed by atoms with Crippen molar-refractivity contribution in [3.63, 3.8) is 0 Å². The molecule has 0 fully saturated rings. The minimum absolute atomic E-state index is 0.0119. The Morgan fingerprint density at radius 2 is 2.04 bits per heavy atom. The summed E-state index contributed by atoms with van der Waals surface area (Å²) in [6.07, 6.45) is 0.690. The minimum atomic E-state index is -0.541. The Balaban J connectivity index is 2.35. The zero-order chi connectivity index (χ0) is 17.0. The SMILES string of the molecule is CC(C)(C)OC(=O)Cn1c(CN)cc2ccc(OCC=O)cc21. The molecule has 0 aliphatic heterocycles. The number of ether oxygens (including phenoxy) is 2. The number of carbonyl (C=O) groups is 2. The summed E-state index contributed by atoms with van der Waals surface area (Å²) in [7, 11) is 0. The summed E-state index contributed by atoms with van der Waals surface area (Å²) in [5, 5.41) is 0.951. The number of carbonyl (C=O) groups excluding carboxylic acids is 2. The van der Waals surface area contributed by atoms with Gasteiger partial charge in [-0.2, -0.15) is 0 Å². The molecule has 0 spiro atoms. The molecule has 0 saturated heterocycles. The molecule has 1 aromatic heterocycles. The Morgan fingerprint density at radius 3 is 2.65 bits per heavy atom. The topological polar surface area (TPSA) is 83.6 Å². The molecule has 23 heavy (non-hydrogen) atoms. The maximum Gasteiger partial charge on any atom is 0.326 e. The van der Waals surface area contributed by atoms with Crippen LogP contribution < -0.4 is 10.5 Å². The summed E-state index contributed by atoms with van der Waals surface area (Å²) in [5.74, 6) is 0.237. The van der Waals surface area contributed by atoms with Gasteiger partial charge in [-0.25, -0.2) is 0 Å². The third kappa shape index (κ3) is 4.32. The fraction of sp³-hybridized carbons (Fsp3) is 0.412. The molecule has 124 valence electrons. The van der Waals surface area contributed by atoms with Crippen molar-refractivity contribution in [2.24, 2.45) is 5.73 Å². The first-order valence-electron chi connectivity index (χ1n) is 7.44. The van der Waals surface area contributed by atoms with E-state index in [2.05, 4.69) is 0 Å². The molecule has 2 N–H and O–H groups in total. The fourth-order valence-corrected chi connectivity index (χ4v) is 2.37. The molecule has 1 heterocycles. The lowest BCUT2D eigenvalue weighted by molar-refractivity contribution is -0.155. The number of benzene rings is 1. The van der Waals surface area contributed by atoms with Gasteiger partial charge in [-0.3, -0.25) is 9.59 Å². The predicted octanol–water partition coefficient (Wildman–Crippen LogP) is 2.02. The molecule has 6 nitrogen and oxygen atoms in total. The lowest BCUT2D eigenvalue weighted by atomic mass is 10.2. The van der Waals surface area contributed by atoms with Crippen LogP contribution in [-0.2, 0) is 27.4 Å². The summed E-state index contributed by atoms with van der Waals surface area (Å²) in [6.45, 7) is 5.85. The van der Waals surface area contributed by atoms with Gasteiger partial charge >= 0.3 is 5.97 Å². The zero-order valence-electron chi connectivity index (χ0n) is 13.7. The monoisotopic (exact) mass is 318 g/mol. The van der Waals surface area contributed by atoms with E-state index in [0.717, 1.165) is 16.6 Å². The van der Waals surface area contributed by atoms with Crippen LogP contribution in [0.1, 0.15) is 26.5 Å². The highest BCUT2D eigenvalue weighted by atomic mass is 16.6. The summed E-state index contributed by atoms with van der Waals surface area (Å²) in [6, 6.07) is 7.38. The van der Waals surface area contributed by atoms with Crippen LogP contribution in [-0.4, -0.2) is 29.0 Å². The number of aldehydes is 1. The second-order valence-corrected chi connectivity index (χ2v) is 6.21. The van der Waals surface area contributed by atoms with Gasteiger partial charge in [0.2, 0.25) is 0 Å². The molecule has 0 amide bonds. The predicted molar refractivity (Wildman–Crippen MR) is 87.2 cm³/mol.